The number of hydrogen-bond donors (Lipinski definition) is 0. The van der Waals surface area contributed by atoms with E-state index in [1.165, 1.54) is 18.5 Å². The van der Waals surface area contributed by atoms with E-state index in [1.807, 2.05) is 43.3 Å². The van der Waals surface area contributed by atoms with E-state index in [4.69, 9.17) is 9.73 Å². The number of carbonyl (C=O) groups is 1. The van der Waals surface area contributed by atoms with Crippen molar-refractivity contribution < 1.29 is 9.53 Å². The van der Waals surface area contributed by atoms with Gasteiger partial charge in [-0.15, -0.1) is 0 Å². The number of ether oxygens (including phenoxy) is 1. The summed E-state index contributed by atoms with van der Waals surface area (Å²) in [6.45, 7) is 15.1. The second-order valence-corrected chi connectivity index (χ2v) is 9.15. The minimum atomic E-state index is 0.543. The lowest BCUT2D eigenvalue weighted by Gasteiger charge is -2.32. The summed E-state index contributed by atoms with van der Waals surface area (Å²) in [5, 5.41) is 0. The van der Waals surface area contributed by atoms with Gasteiger partial charge in [0.2, 0.25) is 6.41 Å². The lowest BCUT2D eigenvalue weighted by Crippen LogP contribution is -2.32. The highest BCUT2D eigenvalue weighted by atomic mass is 16.5. The van der Waals surface area contributed by atoms with Crippen LogP contribution in [0, 0.1) is 12.8 Å². The Morgan fingerprint density at radius 3 is 2.47 bits per heavy atom. The molecule has 3 rings (SSSR count). The molecule has 0 saturated carbocycles. The Balaban J connectivity index is 2.04. The number of carbonyl (C=O) groups excluding carboxylic acids is 1. The molecule has 1 saturated heterocycles. The second kappa shape index (κ2) is 13.5. The molecular weight excluding hydrogens is 446 g/mol. The van der Waals surface area contributed by atoms with Gasteiger partial charge in [0.15, 0.2) is 0 Å². The van der Waals surface area contributed by atoms with E-state index in [9.17, 15) is 4.79 Å². The molecule has 0 aromatic heterocycles. The molecule has 0 bridgehead atoms. The summed E-state index contributed by atoms with van der Waals surface area (Å²) in [6.07, 6.45) is 11.8. The van der Waals surface area contributed by atoms with Gasteiger partial charge in [-0.2, -0.15) is 0 Å². The quantitative estimate of drug-likeness (QED) is 0.152. The standard InChI is InChI=1S/C31H39N3O2/c1-6-9-11-26(10-7-2)31(34(23-35)27-12-15-29(16-13-27)36-8-3)32-30-17-14-28(22-25(30)5)33-20-18-24(4)19-21-33/h7,9-17,22-24H,2,6,8,18-21H2,1,3-5H3/b11-9-,26-10+,32-31?. The van der Waals surface area contributed by atoms with Gasteiger partial charge in [-0.3, -0.25) is 9.69 Å². The third-order valence-electron chi connectivity index (χ3n) is 6.40. The number of aliphatic imine (C=N–C) groups is 1. The number of amides is 1. The lowest BCUT2D eigenvalue weighted by atomic mass is 9.98. The zero-order valence-electron chi connectivity index (χ0n) is 22.1. The molecule has 1 heterocycles. The Kier molecular flexibility index (Phi) is 10.1. The Morgan fingerprint density at radius 1 is 1.17 bits per heavy atom. The van der Waals surface area contributed by atoms with E-state index in [-0.39, 0.29) is 0 Å². The predicted octanol–water partition coefficient (Wildman–Crippen LogP) is 7.40. The van der Waals surface area contributed by atoms with E-state index in [1.54, 1.807) is 11.0 Å². The minimum Gasteiger partial charge on any atom is -0.494 e. The zero-order chi connectivity index (χ0) is 25.9. The van der Waals surface area contributed by atoms with Crippen molar-refractivity contribution in [3.63, 3.8) is 0 Å². The summed E-state index contributed by atoms with van der Waals surface area (Å²) in [5.74, 6) is 2.09. The molecule has 0 spiro atoms. The smallest absolute Gasteiger partial charge is 0.219 e. The number of amidine groups is 1. The first-order chi connectivity index (χ1) is 17.5. The fraction of sp³-hybridized carbons (Fsp3) is 0.355. The largest absolute Gasteiger partial charge is 0.494 e. The lowest BCUT2D eigenvalue weighted by molar-refractivity contribution is -0.106. The highest BCUT2D eigenvalue weighted by Gasteiger charge is 2.19. The fourth-order valence-corrected chi connectivity index (χ4v) is 4.28. The van der Waals surface area contributed by atoms with Crippen molar-refractivity contribution in [3.05, 3.63) is 84.5 Å². The van der Waals surface area contributed by atoms with Gasteiger partial charge >= 0.3 is 0 Å². The third kappa shape index (κ3) is 6.97. The molecule has 0 radical (unpaired) electrons. The molecule has 0 aliphatic carbocycles. The van der Waals surface area contributed by atoms with Crippen molar-refractivity contribution in [2.45, 2.75) is 47.0 Å². The summed E-state index contributed by atoms with van der Waals surface area (Å²) < 4.78 is 5.58. The molecule has 5 nitrogen and oxygen atoms in total. The van der Waals surface area contributed by atoms with Crippen LogP contribution in [-0.4, -0.2) is 31.9 Å². The van der Waals surface area contributed by atoms with Crippen molar-refractivity contribution in [1.82, 2.24) is 0 Å². The normalized spacial score (nSPS) is 15.3. The summed E-state index contributed by atoms with van der Waals surface area (Å²) in [6, 6.07) is 13.9. The summed E-state index contributed by atoms with van der Waals surface area (Å²) in [5.41, 5.74) is 4.65. The predicted molar refractivity (Wildman–Crippen MR) is 153 cm³/mol. The van der Waals surface area contributed by atoms with Gasteiger partial charge in [0.05, 0.1) is 18.0 Å². The summed E-state index contributed by atoms with van der Waals surface area (Å²) in [4.78, 5) is 21.5. The first kappa shape index (κ1) is 27.0. The zero-order valence-corrected chi connectivity index (χ0v) is 22.1. The number of anilines is 2. The second-order valence-electron chi connectivity index (χ2n) is 9.15. The molecule has 190 valence electrons. The van der Waals surface area contributed by atoms with Gasteiger partial charge in [-0.1, -0.05) is 44.7 Å². The fourth-order valence-electron chi connectivity index (χ4n) is 4.28. The van der Waals surface area contributed by atoms with Crippen LogP contribution in [-0.2, 0) is 4.79 Å². The Labute approximate surface area is 216 Å². The van der Waals surface area contributed by atoms with E-state index in [2.05, 4.69) is 56.5 Å². The van der Waals surface area contributed by atoms with E-state index >= 15 is 0 Å². The molecule has 1 amide bonds. The molecule has 0 N–H and O–H groups in total. The van der Waals surface area contributed by atoms with Gasteiger partial charge in [-0.25, -0.2) is 4.99 Å². The molecule has 1 aliphatic heterocycles. The van der Waals surface area contributed by atoms with Crippen molar-refractivity contribution in [2.24, 2.45) is 10.9 Å². The van der Waals surface area contributed by atoms with Crippen molar-refractivity contribution in [1.29, 1.82) is 0 Å². The van der Waals surface area contributed by atoms with Crippen molar-refractivity contribution >= 4 is 29.3 Å². The number of hydrogen-bond acceptors (Lipinski definition) is 4. The van der Waals surface area contributed by atoms with Crippen LogP contribution in [0.5, 0.6) is 5.75 Å². The molecule has 2 aromatic rings. The minimum absolute atomic E-state index is 0.543. The Bertz CT molecular complexity index is 1110. The van der Waals surface area contributed by atoms with E-state index < -0.39 is 0 Å². The average molecular weight is 486 g/mol. The number of aryl methyl sites for hydroxylation is 1. The molecule has 0 unspecified atom stereocenters. The van der Waals surface area contributed by atoms with Crippen molar-refractivity contribution in [3.8, 4) is 5.75 Å². The van der Waals surface area contributed by atoms with Gasteiger partial charge in [-0.05, 0) is 87.1 Å². The highest BCUT2D eigenvalue weighted by Crippen LogP contribution is 2.30. The number of allylic oxidation sites excluding steroid dienone is 3. The van der Waals surface area contributed by atoms with Gasteiger partial charge < -0.3 is 9.64 Å². The van der Waals surface area contributed by atoms with Crippen LogP contribution in [0.15, 0.2) is 83.9 Å². The molecule has 5 heteroatoms. The topological polar surface area (TPSA) is 45.1 Å². The Morgan fingerprint density at radius 2 is 1.89 bits per heavy atom. The maximum Gasteiger partial charge on any atom is 0.219 e. The number of benzene rings is 2. The van der Waals surface area contributed by atoms with Crippen molar-refractivity contribution in [2.75, 3.05) is 29.5 Å². The van der Waals surface area contributed by atoms with Gasteiger partial charge in [0.25, 0.3) is 0 Å². The number of rotatable bonds is 10. The van der Waals surface area contributed by atoms with Crippen LogP contribution >= 0.6 is 0 Å². The first-order valence-electron chi connectivity index (χ1n) is 12.9. The first-order valence-corrected chi connectivity index (χ1v) is 12.9. The molecule has 1 fully saturated rings. The molecule has 0 atom stereocenters. The van der Waals surface area contributed by atoms with Crippen LogP contribution in [0.25, 0.3) is 0 Å². The van der Waals surface area contributed by atoms with Crippen LogP contribution in [0.2, 0.25) is 0 Å². The summed E-state index contributed by atoms with van der Waals surface area (Å²) >= 11 is 0. The Hall–Kier alpha value is -3.60. The monoisotopic (exact) mass is 485 g/mol. The number of piperidine rings is 1. The highest BCUT2D eigenvalue weighted by molar-refractivity contribution is 6.20. The average Bonchev–Trinajstić information content (AvgIpc) is 2.89. The summed E-state index contributed by atoms with van der Waals surface area (Å²) in [7, 11) is 0. The van der Waals surface area contributed by atoms with Crippen LogP contribution in [0.1, 0.15) is 45.6 Å². The SMILES string of the molecule is C=C/C=C(\C=C/CC)C(=Nc1ccc(N2CCC(C)CC2)cc1C)N(C=O)c1ccc(OCC)cc1. The third-order valence-corrected chi connectivity index (χ3v) is 6.40. The number of nitrogens with zero attached hydrogens (tertiary/aromatic N) is 3. The molecule has 36 heavy (non-hydrogen) atoms. The van der Waals surface area contributed by atoms with Crippen LogP contribution in [0.3, 0.4) is 0 Å². The van der Waals surface area contributed by atoms with Crippen LogP contribution < -0.4 is 14.5 Å². The van der Waals surface area contributed by atoms with Gasteiger partial charge in [0.1, 0.15) is 11.6 Å². The van der Waals surface area contributed by atoms with Gasteiger partial charge in [0, 0.05) is 24.4 Å². The van der Waals surface area contributed by atoms with E-state index in [0.29, 0.717) is 18.1 Å². The maximum absolute atomic E-state index is 12.4. The van der Waals surface area contributed by atoms with E-state index in [0.717, 1.165) is 54.4 Å². The maximum atomic E-state index is 12.4. The van der Waals surface area contributed by atoms with Crippen LogP contribution in [0.4, 0.5) is 17.1 Å². The molecule has 2 aromatic carbocycles. The molecular formula is C31H39N3O2. The molecule has 1 aliphatic rings.